The Bertz CT molecular complexity index is 863. The van der Waals surface area contributed by atoms with Gasteiger partial charge in [-0.25, -0.2) is 0 Å². The van der Waals surface area contributed by atoms with Crippen LogP contribution in [0.1, 0.15) is 29.3 Å². The van der Waals surface area contributed by atoms with E-state index in [1.165, 1.54) is 11.0 Å². The lowest BCUT2D eigenvalue weighted by Crippen LogP contribution is -2.31. The summed E-state index contributed by atoms with van der Waals surface area (Å²) in [4.78, 5) is 25.9. The first-order chi connectivity index (χ1) is 14.3. The predicted octanol–water partition coefficient (Wildman–Crippen LogP) is 4.12. The van der Waals surface area contributed by atoms with Gasteiger partial charge >= 0.3 is 6.61 Å². The van der Waals surface area contributed by atoms with Gasteiger partial charge < -0.3 is 19.7 Å². The summed E-state index contributed by atoms with van der Waals surface area (Å²) in [5, 5.41) is 3.21. The summed E-state index contributed by atoms with van der Waals surface area (Å²) in [6, 6.07) is 11.0. The lowest BCUT2D eigenvalue weighted by Gasteiger charge is -2.19. The predicted molar refractivity (Wildman–Crippen MR) is 109 cm³/mol. The number of nitrogens with one attached hydrogen (secondary N) is 1. The maximum atomic E-state index is 12.5. The van der Waals surface area contributed by atoms with E-state index < -0.39 is 6.61 Å². The van der Waals surface area contributed by atoms with Gasteiger partial charge in [-0.1, -0.05) is 17.7 Å². The van der Waals surface area contributed by atoms with Crippen LogP contribution in [0.2, 0.25) is 5.02 Å². The molecule has 0 heterocycles. The molecule has 0 atom stereocenters. The van der Waals surface area contributed by atoms with Gasteiger partial charge in [0.1, 0.15) is 0 Å². The lowest BCUT2D eigenvalue weighted by atomic mass is 10.2. The molecule has 2 amide bonds. The first kappa shape index (κ1) is 23.4. The molecule has 0 aliphatic carbocycles. The van der Waals surface area contributed by atoms with Gasteiger partial charge in [-0.2, -0.15) is 8.78 Å². The molecule has 0 aromatic heterocycles. The molecule has 0 fully saturated rings. The minimum absolute atomic E-state index is 0.0607. The summed E-state index contributed by atoms with van der Waals surface area (Å²) in [5.41, 5.74) is 1.15. The van der Waals surface area contributed by atoms with Gasteiger partial charge in [-0.15, -0.1) is 0 Å². The Labute approximate surface area is 178 Å². The zero-order chi connectivity index (χ0) is 22.1. The molecule has 6 nitrogen and oxygen atoms in total. The third kappa shape index (κ3) is 7.18. The van der Waals surface area contributed by atoms with Gasteiger partial charge in [-0.05, 0) is 48.9 Å². The van der Waals surface area contributed by atoms with Crippen LogP contribution in [0.5, 0.6) is 11.5 Å². The topological polar surface area (TPSA) is 67.9 Å². The van der Waals surface area contributed by atoms with Crippen molar-refractivity contribution in [1.82, 2.24) is 10.2 Å². The molecule has 1 N–H and O–H groups in total. The number of alkyl halides is 2. The first-order valence-corrected chi connectivity index (χ1v) is 9.66. The molecule has 0 saturated heterocycles. The van der Waals surface area contributed by atoms with Crippen LogP contribution in [0.4, 0.5) is 8.78 Å². The van der Waals surface area contributed by atoms with E-state index in [0.29, 0.717) is 16.1 Å². The highest BCUT2D eigenvalue weighted by atomic mass is 35.5. The normalized spacial score (nSPS) is 10.6. The molecule has 0 spiro atoms. The molecule has 0 aliphatic heterocycles. The second-order valence-corrected chi connectivity index (χ2v) is 6.79. The summed E-state index contributed by atoms with van der Waals surface area (Å²) in [5.74, 6) is -0.351. The van der Waals surface area contributed by atoms with E-state index in [0.717, 1.165) is 0 Å². The standard InChI is InChI=1S/C21H23ClF2N2O4/c1-3-29-18-12-14(4-9-17(18)30-21(23)24)13-26(2)19(27)10-11-25-20(28)15-5-7-16(22)8-6-15/h4-9,12,21H,3,10-11,13H2,1-2H3,(H,25,28). The number of hydrogen-bond acceptors (Lipinski definition) is 4. The molecule has 162 valence electrons. The van der Waals surface area contributed by atoms with E-state index in [4.69, 9.17) is 16.3 Å². The maximum absolute atomic E-state index is 12.5. The number of ether oxygens (including phenoxy) is 2. The van der Waals surface area contributed by atoms with Crippen molar-refractivity contribution >= 4 is 23.4 Å². The average molecular weight is 441 g/mol. The zero-order valence-electron chi connectivity index (χ0n) is 16.7. The summed E-state index contributed by atoms with van der Waals surface area (Å²) < 4.78 is 34.8. The fourth-order valence-electron chi connectivity index (χ4n) is 2.65. The molecule has 0 saturated carbocycles. The molecule has 2 aromatic carbocycles. The van der Waals surface area contributed by atoms with Crippen LogP contribution in [0.3, 0.4) is 0 Å². The monoisotopic (exact) mass is 440 g/mol. The van der Waals surface area contributed by atoms with Crippen LogP contribution < -0.4 is 14.8 Å². The lowest BCUT2D eigenvalue weighted by molar-refractivity contribution is -0.130. The van der Waals surface area contributed by atoms with Crippen molar-refractivity contribution in [1.29, 1.82) is 0 Å². The SMILES string of the molecule is CCOc1cc(CN(C)C(=O)CCNC(=O)c2ccc(Cl)cc2)ccc1OC(F)F. The zero-order valence-corrected chi connectivity index (χ0v) is 17.4. The number of rotatable bonds is 10. The summed E-state index contributed by atoms with van der Waals surface area (Å²) >= 11 is 5.79. The van der Waals surface area contributed by atoms with Gasteiger partial charge in [0, 0.05) is 37.1 Å². The Morgan fingerprint density at radius 1 is 1.13 bits per heavy atom. The molecule has 2 rings (SSSR count). The smallest absolute Gasteiger partial charge is 0.387 e. The quantitative estimate of drug-likeness (QED) is 0.603. The molecule has 9 heteroatoms. The van der Waals surface area contributed by atoms with Crippen molar-refractivity contribution in [3.63, 3.8) is 0 Å². The fourth-order valence-corrected chi connectivity index (χ4v) is 2.78. The molecule has 0 radical (unpaired) electrons. The number of benzene rings is 2. The third-order valence-corrected chi connectivity index (χ3v) is 4.35. The Hall–Kier alpha value is -2.87. The van der Waals surface area contributed by atoms with Gasteiger partial charge in [0.25, 0.3) is 5.91 Å². The van der Waals surface area contributed by atoms with Crippen molar-refractivity contribution in [3.8, 4) is 11.5 Å². The Balaban J connectivity index is 1.88. The largest absolute Gasteiger partial charge is 0.490 e. The van der Waals surface area contributed by atoms with E-state index >= 15 is 0 Å². The van der Waals surface area contributed by atoms with Crippen LogP contribution in [-0.4, -0.2) is 43.5 Å². The molecule has 2 aromatic rings. The van der Waals surface area contributed by atoms with E-state index in [1.807, 2.05) is 0 Å². The number of amides is 2. The van der Waals surface area contributed by atoms with Gasteiger partial charge in [0.05, 0.1) is 6.61 Å². The van der Waals surface area contributed by atoms with E-state index in [2.05, 4.69) is 10.1 Å². The van der Waals surface area contributed by atoms with E-state index in [-0.39, 0.29) is 49.4 Å². The summed E-state index contributed by atoms with van der Waals surface area (Å²) in [7, 11) is 1.62. The van der Waals surface area contributed by atoms with Crippen molar-refractivity contribution < 1.29 is 27.8 Å². The van der Waals surface area contributed by atoms with Crippen LogP contribution in [0, 0.1) is 0 Å². The van der Waals surface area contributed by atoms with Crippen LogP contribution in [0.15, 0.2) is 42.5 Å². The Morgan fingerprint density at radius 3 is 2.47 bits per heavy atom. The number of carbonyl (C=O) groups is 2. The average Bonchev–Trinajstić information content (AvgIpc) is 2.70. The summed E-state index contributed by atoms with van der Waals surface area (Å²) in [6.07, 6.45) is 0.112. The highest BCUT2D eigenvalue weighted by Gasteiger charge is 2.15. The fraction of sp³-hybridized carbons (Fsp3) is 0.333. The highest BCUT2D eigenvalue weighted by molar-refractivity contribution is 6.30. The summed E-state index contributed by atoms with van der Waals surface area (Å²) in [6.45, 7) is -0.519. The molecule has 0 unspecified atom stereocenters. The second-order valence-electron chi connectivity index (χ2n) is 6.36. The molecular weight excluding hydrogens is 418 g/mol. The number of halogens is 3. The number of nitrogens with zero attached hydrogens (tertiary/aromatic N) is 1. The minimum Gasteiger partial charge on any atom is -0.490 e. The third-order valence-electron chi connectivity index (χ3n) is 4.10. The van der Waals surface area contributed by atoms with Crippen LogP contribution in [-0.2, 0) is 11.3 Å². The highest BCUT2D eigenvalue weighted by Crippen LogP contribution is 2.30. The Morgan fingerprint density at radius 2 is 1.83 bits per heavy atom. The molecule has 0 aliphatic rings. The minimum atomic E-state index is -2.96. The van der Waals surface area contributed by atoms with Crippen LogP contribution >= 0.6 is 11.6 Å². The van der Waals surface area contributed by atoms with Crippen molar-refractivity contribution in [3.05, 3.63) is 58.6 Å². The van der Waals surface area contributed by atoms with Gasteiger partial charge in [-0.3, -0.25) is 9.59 Å². The van der Waals surface area contributed by atoms with Crippen molar-refractivity contribution in [2.24, 2.45) is 0 Å². The van der Waals surface area contributed by atoms with Crippen LogP contribution in [0.25, 0.3) is 0 Å². The van der Waals surface area contributed by atoms with Crippen molar-refractivity contribution in [2.75, 3.05) is 20.2 Å². The molecular formula is C21H23ClF2N2O4. The van der Waals surface area contributed by atoms with E-state index in [1.54, 1.807) is 50.4 Å². The van der Waals surface area contributed by atoms with Gasteiger partial charge in [0.2, 0.25) is 5.91 Å². The first-order valence-electron chi connectivity index (χ1n) is 9.28. The number of hydrogen-bond donors (Lipinski definition) is 1. The Kier molecular flexibility index (Phi) is 8.86. The van der Waals surface area contributed by atoms with Gasteiger partial charge in [0.15, 0.2) is 11.5 Å². The van der Waals surface area contributed by atoms with E-state index in [9.17, 15) is 18.4 Å². The second kappa shape index (κ2) is 11.3. The maximum Gasteiger partial charge on any atom is 0.387 e. The number of carbonyl (C=O) groups excluding carboxylic acids is 2. The molecule has 0 bridgehead atoms. The van der Waals surface area contributed by atoms with Crippen molar-refractivity contribution in [2.45, 2.75) is 26.5 Å². The molecule has 30 heavy (non-hydrogen) atoms.